The van der Waals surface area contributed by atoms with Crippen molar-refractivity contribution in [3.05, 3.63) is 52.2 Å². The molecular formula is C14H18N4O2S. The molecule has 0 aliphatic heterocycles. The van der Waals surface area contributed by atoms with E-state index in [2.05, 4.69) is 27.5 Å². The molecule has 0 aromatic carbocycles. The number of hydrogen-bond donors (Lipinski definition) is 2. The summed E-state index contributed by atoms with van der Waals surface area (Å²) >= 11 is 1.72. The highest BCUT2D eigenvalue weighted by Gasteiger charge is 2.01. The van der Waals surface area contributed by atoms with E-state index in [-0.39, 0.29) is 0 Å². The average Bonchev–Trinajstić information content (AvgIpc) is 2.47. The van der Waals surface area contributed by atoms with E-state index in [1.165, 1.54) is 0 Å². The summed E-state index contributed by atoms with van der Waals surface area (Å²) in [5.74, 6) is 7.55. The van der Waals surface area contributed by atoms with Crippen LogP contribution in [-0.2, 0) is 5.75 Å². The second-order valence-electron chi connectivity index (χ2n) is 3.91. The summed E-state index contributed by atoms with van der Waals surface area (Å²) in [6.45, 7) is 2.73. The Morgan fingerprint density at radius 2 is 2.38 bits per heavy atom. The fourth-order valence-corrected chi connectivity index (χ4v) is 2.18. The second kappa shape index (κ2) is 10.6. The number of pyridine rings is 1. The van der Waals surface area contributed by atoms with Gasteiger partial charge >= 0.3 is 0 Å². The van der Waals surface area contributed by atoms with Gasteiger partial charge in [-0.1, -0.05) is 12.0 Å². The van der Waals surface area contributed by atoms with E-state index in [0.717, 1.165) is 23.4 Å². The molecule has 0 amide bonds. The van der Waals surface area contributed by atoms with Crippen LogP contribution in [0.1, 0.15) is 12.6 Å². The zero-order valence-corrected chi connectivity index (χ0v) is 12.7. The van der Waals surface area contributed by atoms with Crippen molar-refractivity contribution in [1.29, 1.82) is 0 Å². The third kappa shape index (κ3) is 8.55. The van der Waals surface area contributed by atoms with Gasteiger partial charge < -0.3 is 10.6 Å². The number of nitrogens with one attached hydrogen (secondary N) is 2. The SMILES string of the molecule is CC#CCNC(=C[N+](=O)[O-])NCCSCc1ccccn1. The molecule has 21 heavy (non-hydrogen) atoms. The Kier molecular flexibility index (Phi) is 8.48. The Hall–Kier alpha value is -2.20. The molecule has 2 N–H and O–H groups in total. The first-order valence-electron chi connectivity index (χ1n) is 6.42. The molecular weight excluding hydrogens is 288 g/mol. The summed E-state index contributed by atoms with van der Waals surface area (Å²) in [7, 11) is 0. The van der Waals surface area contributed by atoms with E-state index < -0.39 is 4.92 Å². The highest BCUT2D eigenvalue weighted by molar-refractivity contribution is 7.98. The lowest BCUT2D eigenvalue weighted by molar-refractivity contribution is -0.404. The highest BCUT2D eigenvalue weighted by atomic mass is 32.2. The maximum absolute atomic E-state index is 10.5. The van der Waals surface area contributed by atoms with Crippen molar-refractivity contribution in [1.82, 2.24) is 15.6 Å². The molecule has 0 saturated heterocycles. The predicted molar refractivity (Wildman–Crippen MR) is 84.9 cm³/mol. The minimum atomic E-state index is -0.490. The predicted octanol–water partition coefficient (Wildman–Crippen LogP) is 1.59. The molecule has 112 valence electrons. The Morgan fingerprint density at radius 3 is 3.05 bits per heavy atom. The first-order valence-corrected chi connectivity index (χ1v) is 7.58. The second-order valence-corrected chi connectivity index (χ2v) is 5.01. The molecule has 0 fully saturated rings. The molecule has 0 radical (unpaired) electrons. The van der Waals surface area contributed by atoms with Crippen molar-refractivity contribution < 1.29 is 4.92 Å². The fraction of sp³-hybridized carbons (Fsp3) is 0.357. The Labute approximate surface area is 128 Å². The molecule has 0 aliphatic carbocycles. The van der Waals surface area contributed by atoms with E-state index in [0.29, 0.717) is 18.9 Å². The molecule has 0 unspecified atom stereocenters. The van der Waals surface area contributed by atoms with Crippen molar-refractivity contribution in [2.75, 3.05) is 18.8 Å². The average molecular weight is 306 g/mol. The number of nitro groups is 1. The van der Waals surface area contributed by atoms with Crippen molar-refractivity contribution in [3.8, 4) is 11.8 Å². The quantitative estimate of drug-likeness (QED) is 0.312. The Balaban J connectivity index is 2.26. The summed E-state index contributed by atoms with van der Waals surface area (Å²) in [5, 5.41) is 16.4. The molecule has 1 aromatic rings. The van der Waals surface area contributed by atoms with E-state index in [1.807, 2.05) is 18.2 Å². The summed E-state index contributed by atoms with van der Waals surface area (Å²) in [5.41, 5.74) is 1.03. The topological polar surface area (TPSA) is 80.1 Å². The van der Waals surface area contributed by atoms with Gasteiger partial charge in [-0.2, -0.15) is 11.8 Å². The molecule has 7 heteroatoms. The van der Waals surface area contributed by atoms with Crippen molar-refractivity contribution in [3.63, 3.8) is 0 Å². The first-order chi connectivity index (χ1) is 10.2. The smallest absolute Gasteiger partial charge is 0.274 e. The standard InChI is InChI=1S/C14H18N4O2S/c1-2-3-7-16-14(11-18(19)20)17-9-10-21-12-13-6-4-5-8-15-13/h4-6,8,11,16-17H,7,9-10,12H2,1H3. The third-order valence-electron chi connectivity index (χ3n) is 2.32. The normalized spacial score (nSPS) is 10.4. The molecule has 0 saturated carbocycles. The molecule has 1 rings (SSSR count). The van der Waals surface area contributed by atoms with Crippen LogP contribution in [0.4, 0.5) is 0 Å². The van der Waals surface area contributed by atoms with Crippen LogP contribution in [-0.4, -0.2) is 28.7 Å². The van der Waals surface area contributed by atoms with Crippen molar-refractivity contribution in [2.45, 2.75) is 12.7 Å². The summed E-state index contributed by atoms with van der Waals surface area (Å²) in [6.07, 6.45) is 2.69. The molecule has 6 nitrogen and oxygen atoms in total. The van der Waals surface area contributed by atoms with Crippen LogP contribution in [0.2, 0.25) is 0 Å². The van der Waals surface area contributed by atoms with Gasteiger partial charge in [0.25, 0.3) is 6.20 Å². The van der Waals surface area contributed by atoms with Crippen LogP contribution in [0.15, 0.2) is 36.4 Å². The van der Waals surface area contributed by atoms with Crippen LogP contribution in [0, 0.1) is 22.0 Å². The molecule has 0 bridgehead atoms. The molecule has 1 aromatic heterocycles. The van der Waals surface area contributed by atoms with Gasteiger partial charge in [-0.25, -0.2) is 0 Å². The van der Waals surface area contributed by atoms with Gasteiger partial charge in [-0.05, 0) is 19.1 Å². The zero-order valence-electron chi connectivity index (χ0n) is 11.8. The van der Waals surface area contributed by atoms with Gasteiger partial charge in [-0.15, -0.1) is 5.92 Å². The highest BCUT2D eigenvalue weighted by Crippen LogP contribution is 2.08. The van der Waals surface area contributed by atoms with Crippen LogP contribution in [0.5, 0.6) is 0 Å². The van der Waals surface area contributed by atoms with E-state index in [9.17, 15) is 10.1 Å². The van der Waals surface area contributed by atoms with Crippen LogP contribution >= 0.6 is 11.8 Å². The first kappa shape index (κ1) is 16.9. The van der Waals surface area contributed by atoms with Gasteiger partial charge in [0, 0.05) is 24.2 Å². The largest absolute Gasteiger partial charge is 0.366 e. The zero-order chi connectivity index (χ0) is 15.3. The van der Waals surface area contributed by atoms with E-state index in [1.54, 1.807) is 24.9 Å². The molecule has 0 spiro atoms. The van der Waals surface area contributed by atoms with Crippen LogP contribution in [0.25, 0.3) is 0 Å². The van der Waals surface area contributed by atoms with E-state index in [4.69, 9.17) is 0 Å². The summed E-state index contributed by atoms with van der Waals surface area (Å²) < 4.78 is 0. The summed E-state index contributed by atoms with van der Waals surface area (Å²) in [6, 6.07) is 5.82. The maximum Gasteiger partial charge on any atom is 0.274 e. The number of aromatic nitrogens is 1. The molecule has 0 atom stereocenters. The fourth-order valence-electron chi connectivity index (χ4n) is 1.41. The van der Waals surface area contributed by atoms with Crippen LogP contribution < -0.4 is 10.6 Å². The van der Waals surface area contributed by atoms with Crippen molar-refractivity contribution >= 4 is 11.8 Å². The minimum Gasteiger partial charge on any atom is -0.366 e. The minimum absolute atomic E-state index is 0.376. The van der Waals surface area contributed by atoms with Gasteiger partial charge in [0.1, 0.15) is 0 Å². The Bertz CT molecular complexity index is 523. The lowest BCUT2D eigenvalue weighted by atomic mass is 10.4. The summed E-state index contributed by atoms with van der Waals surface area (Å²) in [4.78, 5) is 14.3. The van der Waals surface area contributed by atoms with Crippen LogP contribution in [0.3, 0.4) is 0 Å². The maximum atomic E-state index is 10.5. The van der Waals surface area contributed by atoms with Crippen molar-refractivity contribution in [2.24, 2.45) is 0 Å². The Morgan fingerprint density at radius 1 is 1.52 bits per heavy atom. The third-order valence-corrected chi connectivity index (χ3v) is 3.31. The molecule has 1 heterocycles. The van der Waals surface area contributed by atoms with Gasteiger partial charge in [0.2, 0.25) is 0 Å². The monoisotopic (exact) mass is 306 g/mol. The lowest BCUT2D eigenvalue weighted by Gasteiger charge is -2.09. The van der Waals surface area contributed by atoms with Gasteiger partial charge in [0.05, 0.1) is 17.2 Å². The van der Waals surface area contributed by atoms with Gasteiger partial charge in [0.15, 0.2) is 5.82 Å². The number of hydrogen-bond acceptors (Lipinski definition) is 6. The van der Waals surface area contributed by atoms with E-state index >= 15 is 0 Å². The van der Waals surface area contributed by atoms with Gasteiger partial charge in [-0.3, -0.25) is 15.1 Å². The lowest BCUT2D eigenvalue weighted by Crippen LogP contribution is -2.29. The number of rotatable bonds is 9. The number of nitrogens with zero attached hydrogens (tertiary/aromatic N) is 2. The number of thioether (sulfide) groups is 1. The molecule has 0 aliphatic rings.